The molecule has 0 aliphatic heterocycles. The van der Waals surface area contributed by atoms with Gasteiger partial charge in [0.2, 0.25) is 0 Å². The van der Waals surface area contributed by atoms with Gasteiger partial charge in [-0.05, 0) is 32.0 Å². The zero-order valence-corrected chi connectivity index (χ0v) is 15.2. The number of likely N-dealkylation sites (N-methyl/N-ethyl adjacent to an activating group) is 1. The molecule has 0 aliphatic rings. The quantitative estimate of drug-likeness (QED) is 0.604. The largest absolute Gasteiger partial charge is 0.349 e. The van der Waals surface area contributed by atoms with E-state index in [2.05, 4.69) is 25.6 Å². The van der Waals surface area contributed by atoms with Gasteiger partial charge in [-0.15, -0.1) is 24.8 Å². The first-order valence-electron chi connectivity index (χ1n) is 7.08. The predicted molar refractivity (Wildman–Crippen MR) is 97.7 cm³/mol. The van der Waals surface area contributed by atoms with Crippen molar-refractivity contribution in [1.29, 1.82) is 0 Å². The predicted octanol–water partition coefficient (Wildman–Crippen LogP) is 0.491. The van der Waals surface area contributed by atoms with Crippen molar-refractivity contribution >= 4 is 41.8 Å². The number of aryl methyl sites for hydroxylation is 1. The number of nitrogens with zero attached hydrogens (tertiary/aromatic N) is 1. The average Bonchev–Trinajstić information content (AvgIpc) is 2.43. The van der Waals surface area contributed by atoms with E-state index in [4.69, 9.17) is 0 Å². The monoisotopic (exact) mass is 377 g/mol. The van der Waals surface area contributed by atoms with E-state index in [-0.39, 0.29) is 53.5 Å². The number of carbonyl (C=O) groups is 1. The van der Waals surface area contributed by atoms with Crippen molar-refractivity contribution in [1.82, 2.24) is 25.6 Å². The summed E-state index contributed by atoms with van der Waals surface area (Å²) in [6.07, 6.45) is 0. The van der Waals surface area contributed by atoms with Gasteiger partial charge in [-0.1, -0.05) is 6.92 Å². The lowest BCUT2D eigenvalue weighted by atomic mass is 10.1. The molecule has 24 heavy (non-hydrogen) atoms. The lowest BCUT2D eigenvalue weighted by Crippen LogP contribution is -2.39. The first-order chi connectivity index (χ1) is 10.4. The van der Waals surface area contributed by atoms with E-state index in [1.165, 1.54) is 6.07 Å². The average molecular weight is 378 g/mol. The van der Waals surface area contributed by atoms with E-state index in [1.54, 1.807) is 6.92 Å². The fraction of sp³-hybridized carbons (Fsp3) is 0.429. The van der Waals surface area contributed by atoms with E-state index in [1.807, 2.05) is 13.8 Å². The minimum atomic E-state index is -0.650. The number of rotatable bonds is 5. The standard InChI is InChI=1S/C14H19N5O3.2ClH/c1-4-15-8(3)6-16-12(20)9-5-7(2)10-11(17-9)18-14(22)19-13(10)21;;/h5,8,15H,4,6H2,1-3H3,(H,16,20)(H2,17,18,19,21,22);2*1H/t8-;;/m1../s1. The molecule has 4 N–H and O–H groups in total. The maximum Gasteiger partial charge on any atom is 0.327 e. The maximum atomic E-state index is 12.1. The van der Waals surface area contributed by atoms with Gasteiger partial charge in [-0.3, -0.25) is 19.6 Å². The van der Waals surface area contributed by atoms with Crippen molar-refractivity contribution in [2.75, 3.05) is 13.1 Å². The van der Waals surface area contributed by atoms with Crippen molar-refractivity contribution in [3.63, 3.8) is 0 Å². The Kier molecular flexibility index (Phi) is 8.66. The van der Waals surface area contributed by atoms with Crippen LogP contribution in [0.5, 0.6) is 0 Å². The highest BCUT2D eigenvalue weighted by molar-refractivity contribution is 5.95. The number of fused-ring (bicyclic) bond motifs is 1. The zero-order chi connectivity index (χ0) is 16.3. The number of hydrogen-bond donors (Lipinski definition) is 4. The van der Waals surface area contributed by atoms with Gasteiger partial charge in [0.1, 0.15) is 11.3 Å². The molecule has 1 atom stereocenters. The number of nitrogens with one attached hydrogen (secondary N) is 4. The molecule has 2 aromatic heterocycles. The molecule has 134 valence electrons. The summed E-state index contributed by atoms with van der Waals surface area (Å²) in [7, 11) is 0. The molecule has 10 heteroatoms. The van der Waals surface area contributed by atoms with E-state index < -0.39 is 11.2 Å². The lowest BCUT2D eigenvalue weighted by molar-refractivity contribution is 0.0945. The minimum absolute atomic E-state index is 0. The van der Waals surface area contributed by atoms with Crippen LogP contribution in [0.15, 0.2) is 15.7 Å². The van der Waals surface area contributed by atoms with Crippen LogP contribution in [0, 0.1) is 6.92 Å². The van der Waals surface area contributed by atoms with Crippen LogP contribution in [-0.4, -0.2) is 40.0 Å². The van der Waals surface area contributed by atoms with E-state index in [0.29, 0.717) is 12.1 Å². The summed E-state index contributed by atoms with van der Waals surface area (Å²) in [5.41, 5.74) is -0.319. The molecule has 0 fully saturated rings. The molecule has 2 aromatic rings. The van der Waals surface area contributed by atoms with Crippen molar-refractivity contribution in [2.24, 2.45) is 0 Å². The molecule has 0 spiro atoms. The smallest absolute Gasteiger partial charge is 0.327 e. The topological polar surface area (TPSA) is 120 Å². The third-order valence-electron chi connectivity index (χ3n) is 3.26. The Bertz CT molecular complexity index is 818. The SMILES string of the molecule is CCN[C@H](C)CNC(=O)c1cc(C)c2c(=O)[nH]c(=O)[nH]c2n1.Cl.Cl. The van der Waals surface area contributed by atoms with Crippen molar-refractivity contribution in [2.45, 2.75) is 26.8 Å². The molecular formula is C14H21Cl2N5O3. The van der Waals surface area contributed by atoms with Gasteiger partial charge in [0.15, 0.2) is 0 Å². The van der Waals surface area contributed by atoms with Gasteiger partial charge in [-0.25, -0.2) is 9.78 Å². The fourth-order valence-corrected chi connectivity index (χ4v) is 2.23. The summed E-state index contributed by atoms with van der Waals surface area (Å²) in [6, 6.07) is 1.67. The number of aromatic amines is 2. The number of hydrogen-bond acceptors (Lipinski definition) is 5. The maximum absolute atomic E-state index is 12.1. The molecule has 2 rings (SSSR count). The number of aromatic nitrogens is 3. The second kappa shape index (κ2) is 9.41. The van der Waals surface area contributed by atoms with Crippen LogP contribution in [0.25, 0.3) is 11.0 Å². The van der Waals surface area contributed by atoms with Crippen LogP contribution in [0.1, 0.15) is 29.9 Å². The Labute approximate surface area is 150 Å². The summed E-state index contributed by atoms with van der Waals surface area (Å²) >= 11 is 0. The first kappa shape index (κ1) is 22.1. The van der Waals surface area contributed by atoms with Crippen molar-refractivity contribution in [3.8, 4) is 0 Å². The summed E-state index contributed by atoms with van der Waals surface area (Å²) in [5.74, 6) is -0.351. The molecular weight excluding hydrogens is 357 g/mol. The highest BCUT2D eigenvalue weighted by Gasteiger charge is 2.13. The summed E-state index contributed by atoms with van der Waals surface area (Å²) in [6.45, 7) is 6.90. The van der Waals surface area contributed by atoms with E-state index in [0.717, 1.165) is 6.54 Å². The van der Waals surface area contributed by atoms with E-state index >= 15 is 0 Å². The van der Waals surface area contributed by atoms with Gasteiger partial charge >= 0.3 is 5.69 Å². The van der Waals surface area contributed by atoms with E-state index in [9.17, 15) is 14.4 Å². The van der Waals surface area contributed by atoms with Crippen molar-refractivity contribution in [3.05, 3.63) is 38.2 Å². The fourth-order valence-electron chi connectivity index (χ4n) is 2.23. The summed E-state index contributed by atoms with van der Waals surface area (Å²) in [4.78, 5) is 43.9. The summed E-state index contributed by atoms with van der Waals surface area (Å²) < 4.78 is 0. The number of carbonyl (C=O) groups excluding carboxylic acids is 1. The van der Waals surface area contributed by atoms with Crippen LogP contribution in [-0.2, 0) is 0 Å². The first-order valence-corrected chi connectivity index (χ1v) is 7.08. The van der Waals surface area contributed by atoms with Gasteiger partial charge in [-0.2, -0.15) is 0 Å². The van der Waals surface area contributed by atoms with Crippen LogP contribution < -0.4 is 21.9 Å². The molecule has 0 bridgehead atoms. The highest BCUT2D eigenvalue weighted by Crippen LogP contribution is 2.10. The molecule has 1 amide bonds. The highest BCUT2D eigenvalue weighted by atomic mass is 35.5. The van der Waals surface area contributed by atoms with Crippen LogP contribution in [0.2, 0.25) is 0 Å². The Morgan fingerprint density at radius 1 is 1.29 bits per heavy atom. The van der Waals surface area contributed by atoms with Crippen LogP contribution in [0.4, 0.5) is 0 Å². The van der Waals surface area contributed by atoms with Gasteiger partial charge in [0, 0.05) is 12.6 Å². The Morgan fingerprint density at radius 2 is 1.96 bits per heavy atom. The second-order valence-corrected chi connectivity index (χ2v) is 5.12. The molecule has 0 aliphatic carbocycles. The number of H-pyrrole nitrogens is 2. The molecule has 2 heterocycles. The third kappa shape index (κ3) is 5.05. The van der Waals surface area contributed by atoms with Crippen molar-refractivity contribution < 1.29 is 4.79 Å². The molecule has 0 saturated carbocycles. The van der Waals surface area contributed by atoms with Crippen LogP contribution in [0.3, 0.4) is 0 Å². The van der Waals surface area contributed by atoms with Gasteiger partial charge in [0.05, 0.1) is 5.39 Å². The normalized spacial score (nSPS) is 11.3. The Balaban J connectivity index is 0.00000264. The number of amides is 1. The third-order valence-corrected chi connectivity index (χ3v) is 3.26. The molecule has 8 nitrogen and oxygen atoms in total. The van der Waals surface area contributed by atoms with Gasteiger partial charge in [0.25, 0.3) is 11.5 Å². The number of halogens is 2. The summed E-state index contributed by atoms with van der Waals surface area (Å²) in [5, 5.41) is 6.22. The molecule has 0 aromatic carbocycles. The number of pyridine rings is 1. The minimum Gasteiger partial charge on any atom is -0.349 e. The zero-order valence-electron chi connectivity index (χ0n) is 13.6. The molecule has 0 unspecified atom stereocenters. The molecule has 0 saturated heterocycles. The Morgan fingerprint density at radius 3 is 2.58 bits per heavy atom. The van der Waals surface area contributed by atoms with Crippen LogP contribution >= 0.6 is 24.8 Å². The lowest BCUT2D eigenvalue weighted by Gasteiger charge is -2.13. The van der Waals surface area contributed by atoms with Gasteiger partial charge < -0.3 is 10.6 Å². The Hall–Kier alpha value is -1.90. The molecule has 0 radical (unpaired) electrons. The second-order valence-electron chi connectivity index (χ2n) is 5.12.